The van der Waals surface area contributed by atoms with Crippen molar-refractivity contribution < 1.29 is 0 Å². The Bertz CT molecular complexity index is 1810. The molecule has 0 saturated carbocycles. The first kappa shape index (κ1) is 30.1. The van der Waals surface area contributed by atoms with Crippen LogP contribution in [0.2, 0.25) is 0 Å². The van der Waals surface area contributed by atoms with E-state index in [0.29, 0.717) is 0 Å². The van der Waals surface area contributed by atoms with E-state index in [2.05, 4.69) is 206 Å². The molecule has 7 aromatic carbocycles. The van der Waals surface area contributed by atoms with E-state index in [0.717, 1.165) is 0 Å². The van der Waals surface area contributed by atoms with Crippen molar-refractivity contribution in [3.05, 3.63) is 229 Å². The van der Waals surface area contributed by atoms with Crippen LogP contribution in [0.15, 0.2) is 206 Å². The summed E-state index contributed by atoms with van der Waals surface area (Å²) in [5.41, 5.74) is 12.3. The van der Waals surface area contributed by atoms with Gasteiger partial charge in [0.1, 0.15) is 0 Å². The molecule has 0 atom stereocenters. The molecule has 46 heavy (non-hydrogen) atoms. The second kappa shape index (κ2) is 15.7. The number of allylic oxidation sites excluding steroid dienone is 2. The minimum Gasteiger partial charge on any atom is -0.0622 e. The predicted octanol–water partition coefficient (Wildman–Crippen LogP) is 12.5. The maximum Gasteiger partial charge on any atom is -0.00992 e. The van der Waals surface area contributed by atoms with Gasteiger partial charge in [-0.25, -0.2) is 0 Å². The zero-order chi connectivity index (χ0) is 31.2. The van der Waals surface area contributed by atoms with Crippen LogP contribution in [0.3, 0.4) is 0 Å². The highest BCUT2D eigenvalue weighted by Crippen LogP contribution is 2.35. The van der Waals surface area contributed by atoms with Crippen molar-refractivity contribution in [1.29, 1.82) is 0 Å². The third kappa shape index (κ3) is 8.14. The molecular formula is C46H36. The summed E-state index contributed by atoms with van der Waals surface area (Å²) in [6.45, 7) is 0. The summed E-state index contributed by atoms with van der Waals surface area (Å²) in [5.74, 6) is 0. The van der Waals surface area contributed by atoms with Crippen molar-refractivity contribution in [2.24, 2.45) is 0 Å². The van der Waals surface area contributed by atoms with Crippen LogP contribution in [0, 0.1) is 0 Å². The van der Waals surface area contributed by atoms with Crippen LogP contribution >= 0.6 is 0 Å². The van der Waals surface area contributed by atoms with Gasteiger partial charge in [0.25, 0.3) is 0 Å². The lowest BCUT2D eigenvalue weighted by molar-refractivity contribution is 1.58. The molecule has 0 bridgehead atoms. The second-order valence-electron chi connectivity index (χ2n) is 11.0. The predicted molar refractivity (Wildman–Crippen MR) is 199 cm³/mol. The maximum absolute atomic E-state index is 2.27. The number of rotatable bonds is 7. The molecule has 0 spiro atoms. The Balaban J connectivity index is 0.000000178. The molecule has 0 aliphatic heterocycles. The lowest BCUT2D eigenvalue weighted by Crippen LogP contribution is -1.92. The lowest BCUT2D eigenvalue weighted by atomic mass is 9.89. The normalized spacial score (nSPS) is 11.3. The molecule has 0 N–H and O–H groups in total. The summed E-state index contributed by atoms with van der Waals surface area (Å²) in [6.07, 6.45) is 4.55. The average molecular weight is 589 g/mol. The second-order valence-corrected chi connectivity index (χ2v) is 11.0. The van der Waals surface area contributed by atoms with Crippen LogP contribution in [0.4, 0.5) is 0 Å². The van der Waals surface area contributed by atoms with Gasteiger partial charge in [0.05, 0.1) is 0 Å². The summed E-state index contributed by atoms with van der Waals surface area (Å²) in [4.78, 5) is 0. The molecule has 0 nitrogen and oxygen atoms in total. The molecule has 7 rings (SSSR count). The van der Waals surface area contributed by atoms with Gasteiger partial charge in [0.2, 0.25) is 0 Å². The lowest BCUT2D eigenvalue weighted by Gasteiger charge is -2.15. The Labute approximate surface area is 273 Å². The Morgan fingerprint density at radius 3 is 0.783 bits per heavy atom. The van der Waals surface area contributed by atoms with E-state index in [4.69, 9.17) is 0 Å². The fourth-order valence-corrected chi connectivity index (χ4v) is 5.42. The van der Waals surface area contributed by atoms with Crippen LogP contribution in [0.5, 0.6) is 0 Å². The zero-order valence-corrected chi connectivity index (χ0v) is 25.8. The van der Waals surface area contributed by atoms with E-state index < -0.39 is 0 Å². The van der Waals surface area contributed by atoms with Gasteiger partial charge in [-0.05, 0) is 67.8 Å². The molecule has 0 heteroatoms. The third-order valence-corrected chi connectivity index (χ3v) is 7.78. The molecule has 0 heterocycles. The van der Waals surface area contributed by atoms with Gasteiger partial charge in [0, 0.05) is 0 Å². The van der Waals surface area contributed by atoms with E-state index in [1.165, 1.54) is 55.7 Å². The number of benzene rings is 7. The van der Waals surface area contributed by atoms with Gasteiger partial charge in [-0.1, -0.05) is 206 Å². The van der Waals surface area contributed by atoms with Crippen LogP contribution in [-0.2, 0) is 0 Å². The Kier molecular flexibility index (Phi) is 10.2. The first-order valence-electron chi connectivity index (χ1n) is 15.7. The van der Waals surface area contributed by atoms with Crippen molar-refractivity contribution in [2.75, 3.05) is 0 Å². The van der Waals surface area contributed by atoms with Crippen molar-refractivity contribution >= 4 is 23.3 Å². The van der Waals surface area contributed by atoms with Gasteiger partial charge in [-0.15, -0.1) is 0 Å². The van der Waals surface area contributed by atoms with Gasteiger partial charge in [0.15, 0.2) is 0 Å². The van der Waals surface area contributed by atoms with E-state index in [-0.39, 0.29) is 0 Å². The first-order valence-corrected chi connectivity index (χ1v) is 15.7. The van der Waals surface area contributed by atoms with Crippen molar-refractivity contribution in [1.82, 2.24) is 0 Å². The highest BCUT2D eigenvalue weighted by Gasteiger charge is 2.11. The quantitative estimate of drug-likeness (QED) is 0.128. The number of hydrogen-bond acceptors (Lipinski definition) is 0. The van der Waals surface area contributed by atoms with Crippen molar-refractivity contribution in [3.63, 3.8) is 0 Å². The van der Waals surface area contributed by atoms with E-state index in [9.17, 15) is 0 Å². The highest BCUT2D eigenvalue weighted by atomic mass is 14.1. The summed E-state index contributed by atoms with van der Waals surface area (Å²) in [6, 6.07) is 71.9. The van der Waals surface area contributed by atoms with Gasteiger partial charge < -0.3 is 0 Å². The topological polar surface area (TPSA) is 0 Å². The molecular weight excluding hydrogens is 553 g/mol. The van der Waals surface area contributed by atoms with E-state index in [1.807, 2.05) is 12.1 Å². The van der Waals surface area contributed by atoms with Crippen LogP contribution in [0.1, 0.15) is 22.3 Å². The molecule has 0 fully saturated rings. The minimum absolute atomic E-state index is 1.19. The third-order valence-electron chi connectivity index (χ3n) is 7.78. The Morgan fingerprint density at radius 2 is 0.478 bits per heavy atom. The Morgan fingerprint density at radius 1 is 0.239 bits per heavy atom. The first-order chi connectivity index (χ1) is 22.8. The smallest absolute Gasteiger partial charge is 0.00992 e. The summed E-state index contributed by atoms with van der Waals surface area (Å²) in [5, 5.41) is 0. The molecule has 0 amide bonds. The molecule has 0 radical (unpaired) electrons. The standard InChI is InChI=1S/C28H22.C18H14/c1-5-13-23(14-6-1)21-27(25-17-9-3-10-18-25)28(26-19-11-4-12-20-26)22-24-15-7-2-8-16-24;1-3-7-15(8-4-1)17-11-13-18(14-12-17)16-9-5-2-6-10-16/h1-22H;1-14H/b27-21+,28-22+;. The fourth-order valence-electron chi connectivity index (χ4n) is 5.42. The maximum atomic E-state index is 2.27. The molecule has 0 unspecified atom stereocenters. The molecule has 7 aromatic rings. The fraction of sp³-hybridized carbons (Fsp3) is 0. The van der Waals surface area contributed by atoms with E-state index >= 15 is 0 Å². The molecule has 0 aliphatic rings. The summed E-state index contributed by atoms with van der Waals surface area (Å²) in [7, 11) is 0. The monoisotopic (exact) mass is 588 g/mol. The van der Waals surface area contributed by atoms with Crippen molar-refractivity contribution in [2.45, 2.75) is 0 Å². The van der Waals surface area contributed by atoms with Gasteiger partial charge in [-0.3, -0.25) is 0 Å². The molecule has 0 aliphatic carbocycles. The van der Waals surface area contributed by atoms with E-state index in [1.54, 1.807) is 0 Å². The average Bonchev–Trinajstić information content (AvgIpc) is 3.16. The van der Waals surface area contributed by atoms with Crippen molar-refractivity contribution in [3.8, 4) is 22.3 Å². The minimum atomic E-state index is 1.19. The largest absolute Gasteiger partial charge is 0.0622 e. The van der Waals surface area contributed by atoms with Crippen LogP contribution in [0.25, 0.3) is 45.6 Å². The molecule has 220 valence electrons. The summed E-state index contributed by atoms with van der Waals surface area (Å²) < 4.78 is 0. The zero-order valence-electron chi connectivity index (χ0n) is 25.8. The Hall–Kier alpha value is -5.98. The van der Waals surface area contributed by atoms with Crippen LogP contribution in [-0.4, -0.2) is 0 Å². The van der Waals surface area contributed by atoms with Gasteiger partial charge >= 0.3 is 0 Å². The SMILES string of the molecule is C(=C(\C(=C\c1ccccc1)c1ccccc1)c1ccccc1)/c1ccccc1.c1ccc(-c2ccc(-c3ccccc3)cc2)cc1. The molecule has 0 saturated heterocycles. The highest BCUT2D eigenvalue weighted by molar-refractivity contribution is 6.15. The van der Waals surface area contributed by atoms with Gasteiger partial charge in [-0.2, -0.15) is 0 Å². The summed E-state index contributed by atoms with van der Waals surface area (Å²) >= 11 is 0. The number of hydrogen-bond donors (Lipinski definition) is 0. The molecule has 0 aromatic heterocycles. The van der Waals surface area contributed by atoms with Crippen LogP contribution < -0.4 is 0 Å².